The Morgan fingerprint density at radius 3 is 2.63 bits per heavy atom. The van der Waals surface area contributed by atoms with Crippen LogP contribution in [0.3, 0.4) is 0 Å². The lowest BCUT2D eigenvalue weighted by atomic mass is 10.2. The molecule has 2 heterocycles. The minimum absolute atomic E-state index is 0.0840. The third-order valence-electron chi connectivity index (χ3n) is 4.17. The maximum absolute atomic E-state index is 13.0. The smallest absolute Gasteiger partial charge is 0.262 e. The van der Waals surface area contributed by atoms with Crippen molar-refractivity contribution in [1.29, 1.82) is 5.26 Å². The molecule has 132 valence electrons. The van der Waals surface area contributed by atoms with Crippen LogP contribution >= 0.6 is 11.8 Å². The lowest BCUT2D eigenvalue weighted by Crippen LogP contribution is -2.23. The molecule has 6 heteroatoms. The van der Waals surface area contributed by atoms with E-state index in [2.05, 4.69) is 6.07 Å². The summed E-state index contributed by atoms with van der Waals surface area (Å²) in [4.78, 5) is 17.7. The topological polar surface area (TPSA) is 71.8 Å². The summed E-state index contributed by atoms with van der Waals surface area (Å²) in [6, 6.07) is 20.5. The number of nitriles is 1. The van der Waals surface area contributed by atoms with E-state index < -0.39 is 0 Å². The van der Waals surface area contributed by atoms with Crippen molar-refractivity contribution in [3.63, 3.8) is 0 Å². The maximum Gasteiger partial charge on any atom is 0.262 e. The number of hydrogen-bond acceptors (Lipinski definition) is 5. The van der Waals surface area contributed by atoms with Crippen molar-refractivity contribution in [1.82, 2.24) is 9.55 Å². The minimum Gasteiger partial charge on any atom is -0.467 e. The Kier molecular flexibility index (Phi) is 4.77. The van der Waals surface area contributed by atoms with Crippen LogP contribution in [0.15, 0.2) is 81.3 Å². The predicted molar refractivity (Wildman–Crippen MR) is 105 cm³/mol. The first-order chi connectivity index (χ1) is 13.2. The van der Waals surface area contributed by atoms with Crippen molar-refractivity contribution in [2.24, 2.45) is 0 Å². The maximum atomic E-state index is 13.0. The van der Waals surface area contributed by atoms with Gasteiger partial charge in [-0.15, -0.1) is 0 Å². The molecule has 5 nitrogen and oxygen atoms in total. The molecule has 0 bridgehead atoms. The highest BCUT2D eigenvalue weighted by molar-refractivity contribution is 7.98. The lowest BCUT2D eigenvalue weighted by Gasteiger charge is -2.12. The number of para-hydroxylation sites is 1. The molecule has 4 rings (SSSR count). The van der Waals surface area contributed by atoms with Gasteiger partial charge in [-0.2, -0.15) is 5.26 Å². The van der Waals surface area contributed by atoms with Gasteiger partial charge in [-0.3, -0.25) is 9.36 Å². The SMILES string of the molecule is N#Cc1ccc(CSc2nc3ccccc3c(=O)n2Cc2ccco2)cc1. The zero-order valence-corrected chi connectivity index (χ0v) is 15.1. The third kappa shape index (κ3) is 3.64. The number of fused-ring (bicyclic) bond motifs is 1. The van der Waals surface area contributed by atoms with Crippen molar-refractivity contribution in [2.75, 3.05) is 0 Å². The molecule has 0 aliphatic heterocycles. The largest absolute Gasteiger partial charge is 0.467 e. The molecule has 0 atom stereocenters. The Bertz CT molecular complexity index is 1170. The molecule has 0 aliphatic carbocycles. The molecular weight excluding hydrogens is 358 g/mol. The standard InChI is InChI=1S/C21H15N3O2S/c22-12-15-7-9-16(10-8-15)14-27-21-23-19-6-2-1-5-18(19)20(25)24(21)13-17-4-3-11-26-17/h1-11H,13-14H2. The molecule has 0 radical (unpaired) electrons. The zero-order chi connectivity index (χ0) is 18.6. The van der Waals surface area contributed by atoms with Crippen LogP contribution in [0, 0.1) is 11.3 Å². The van der Waals surface area contributed by atoms with Crippen LogP contribution in [0.1, 0.15) is 16.9 Å². The van der Waals surface area contributed by atoms with E-state index in [0.717, 1.165) is 5.56 Å². The zero-order valence-electron chi connectivity index (χ0n) is 14.3. The molecule has 0 spiro atoms. The van der Waals surface area contributed by atoms with Gasteiger partial charge in [0.25, 0.3) is 5.56 Å². The predicted octanol–water partition coefficient (Wildman–Crippen LogP) is 4.20. The van der Waals surface area contributed by atoms with E-state index in [1.807, 2.05) is 36.4 Å². The van der Waals surface area contributed by atoms with Crippen LogP contribution in [0.4, 0.5) is 0 Å². The summed E-state index contributed by atoms with van der Waals surface area (Å²) in [6.45, 7) is 0.333. The van der Waals surface area contributed by atoms with Crippen molar-refractivity contribution < 1.29 is 4.42 Å². The van der Waals surface area contributed by atoms with Gasteiger partial charge >= 0.3 is 0 Å². The van der Waals surface area contributed by atoms with E-state index in [-0.39, 0.29) is 5.56 Å². The van der Waals surface area contributed by atoms with Gasteiger partial charge in [0.1, 0.15) is 5.76 Å². The molecule has 0 saturated carbocycles. The fraction of sp³-hybridized carbons (Fsp3) is 0.0952. The molecule has 0 fully saturated rings. The fourth-order valence-corrected chi connectivity index (χ4v) is 3.73. The van der Waals surface area contributed by atoms with Crippen molar-refractivity contribution >= 4 is 22.7 Å². The Morgan fingerprint density at radius 2 is 1.89 bits per heavy atom. The summed E-state index contributed by atoms with van der Waals surface area (Å²) in [5, 5.41) is 10.1. The number of rotatable bonds is 5. The molecule has 27 heavy (non-hydrogen) atoms. The van der Waals surface area contributed by atoms with Crippen molar-refractivity contribution in [3.05, 3.63) is 94.2 Å². The summed E-state index contributed by atoms with van der Waals surface area (Å²) >= 11 is 1.49. The number of hydrogen-bond donors (Lipinski definition) is 0. The molecule has 0 N–H and O–H groups in total. The number of benzene rings is 2. The van der Waals surface area contributed by atoms with E-state index in [0.29, 0.717) is 39.7 Å². The van der Waals surface area contributed by atoms with Gasteiger partial charge in [0.2, 0.25) is 0 Å². The first-order valence-corrected chi connectivity index (χ1v) is 9.37. The molecule has 0 unspecified atom stereocenters. The second-order valence-electron chi connectivity index (χ2n) is 5.98. The highest BCUT2D eigenvalue weighted by atomic mass is 32.2. The second-order valence-corrected chi connectivity index (χ2v) is 6.92. The molecule has 2 aromatic heterocycles. The molecule has 0 saturated heterocycles. The monoisotopic (exact) mass is 373 g/mol. The van der Waals surface area contributed by atoms with E-state index in [9.17, 15) is 4.79 Å². The number of nitrogens with zero attached hydrogens (tertiary/aromatic N) is 3. The fourth-order valence-electron chi connectivity index (χ4n) is 2.78. The van der Waals surface area contributed by atoms with Crippen LogP contribution in [0.25, 0.3) is 10.9 Å². The summed E-state index contributed by atoms with van der Waals surface area (Å²) in [5.41, 5.74) is 2.29. The van der Waals surface area contributed by atoms with Crippen molar-refractivity contribution in [2.45, 2.75) is 17.5 Å². The van der Waals surface area contributed by atoms with Gasteiger partial charge in [-0.1, -0.05) is 36.0 Å². The van der Waals surface area contributed by atoms with E-state index in [1.165, 1.54) is 11.8 Å². The first-order valence-electron chi connectivity index (χ1n) is 8.38. The Labute approximate surface area is 159 Å². The number of aromatic nitrogens is 2. The van der Waals surface area contributed by atoms with Gasteiger partial charge in [-0.25, -0.2) is 4.98 Å². The number of furan rings is 1. The molecule has 2 aromatic carbocycles. The normalized spacial score (nSPS) is 10.8. The second kappa shape index (κ2) is 7.52. The first kappa shape index (κ1) is 17.1. The molecular formula is C21H15N3O2S. The van der Waals surface area contributed by atoms with E-state index >= 15 is 0 Å². The molecule has 4 aromatic rings. The van der Waals surface area contributed by atoms with Gasteiger partial charge in [-0.05, 0) is 42.0 Å². The van der Waals surface area contributed by atoms with Crippen LogP contribution in [0.5, 0.6) is 0 Å². The minimum atomic E-state index is -0.0840. The lowest BCUT2D eigenvalue weighted by molar-refractivity contribution is 0.476. The Morgan fingerprint density at radius 1 is 1.07 bits per heavy atom. The van der Waals surface area contributed by atoms with E-state index in [1.54, 1.807) is 35.1 Å². The molecule has 0 aliphatic rings. The van der Waals surface area contributed by atoms with Crippen LogP contribution in [-0.2, 0) is 12.3 Å². The van der Waals surface area contributed by atoms with Gasteiger partial charge in [0.05, 0.1) is 35.3 Å². The quantitative estimate of drug-likeness (QED) is 0.387. The van der Waals surface area contributed by atoms with Crippen molar-refractivity contribution in [3.8, 4) is 6.07 Å². The van der Waals surface area contributed by atoms with Crippen LogP contribution < -0.4 is 5.56 Å². The number of thioether (sulfide) groups is 1. The Hall–Kier alpha value is -3.30. The third-order valence-corrected chi connectivity index (χ3v) is 5.22. The summed E-state index contributed by atoms with van der Waals surface area (Å²) in [6.07, 6.45) is 1.60. The average molecular weight is 373 g/mol. The van der Waals surface area contributed by atoms with Gasteiger partial charge < -0.3 is 4.42 Å². The van der Waals surface area contributed by atoms with Gasteiger partial charge in [0.15, 0.2) is 5.16 Å². The Balaban J connectivity index is 1.70. The average Bonchev–Trinajstić information content (AvgIpc) is 3.22. The highest BCUT2D eigenvalue weighted by Crippen LogP contribution is 2.23. The highest BCUT2D eigenvalue weighted by Gasteiger charge is 2.13. The summed E-state index contributed by atoms with van der Waals surface area (Å²) < 4.78 is 7.07. The summed E-state index contributed by atoms with van der Waals surface area (Å²) in [5.74, 6) is 1.35. The molecule has 0 amide bonds. The van der Waals surface area contributed by atoms with Crippen LogP contribution in [0.2, 0.25) is 0 Å². The van der Waals surface area contributed by atoms with E-state index in [4.69, 9.17) is 14.7 Å². The van der Waals surface area contributed by atoms with Gasteiger partial charge in [0, 0.05) is 5.75 Å². The summed E-state index contributed by atoms with van der Waals surface area (Å²) in [7, 11) is 0. The van der Waals surface area contributed by atoms with Crippen LogP contribution in [-0.4, -0.2) is 9.55 Å².